The highest BCUT2D eigenvalue weighted by Gasteiger charge is 2.37. The molecule has 0 aliphatic carbocycles. The van der Waals surface area contributed by atoms with Crippen LogP contribution in [-0.2, 0) is 10.0 Å². The zero-order valence-electron chi connectivity index (χ0n) is 20.0. The first kappa shape index (κ1) is 24.9. The van der Waals surface area contributed by atoms with E-state index < -0.39 is 27.4 Å². The van der Waals surface area contributed by atoms with E-state index in [0.29, 0.717) is 23.4 Å². The highest BCUT2D eigenvalue weighted by atomic mass is 32.2. The summed E-state index contributed by atoms with van der Waals surface area (Å²) in [5.74, 6) is -2.21. The van der Waals surface area contributed by atoms with Gasteiger partial charge >= 0.3 is 5.97 Å². The van der Waals surface area contributed by atoms with E-state index in [0.717, 1.165) is 36.6 Å². The molecule has 6 nitrogen and oxygen atoms in total. The van der Waals surface area contributed by atoms with Gasteiger partial charge in [0.05, 0.1) is 11.3 Å². The topological polar surface area (TPSA) is 77.9 Å². The van der Waals surface area contributed by atoms with Crippen molar-refractivity contribution in [2.75, 3.05) is 18.5 Å². The van der Waals surface area contributed by atoms with Crippen LogP contribution in [-0.4, -0.2) is 43.4 Å². The Morgan fingerprint density at radius 1 is 1.11 bits per heavy atom. The van der Waals surface area contributed by atoms with Gasteiger partial charge in [-0.3, -0.25) is 0 Å². The zero-order chi connectivity index (χ0) is 25.3. The number of benzene rings is 3. The second-order valence-electron chi connectivity index (χ2n) is 8.90. The Morgan fingerprint density at radius 2 is 1.83 bits per heavy atom. The molecule has 0 aromatic heterocycles. The van der Waals surface area contributed by atoms with Gasteiger partial charge in [-0.15, -0.1) is 0 Å². The van der Waals surface area contributed by atoms with Gasteiger partial charge in [-0.05, 0) is 66.4 Å². The molecule has 0 fully saturated rings. The zero-order valence-corrected chi connectivity index (χ0v) is 20.8. The lowest BCUT2D eigenvalue weighted by molar-refractivity contribution is 0.0692. The molecule has 0 saturated carbocycles. The van der Waals surface area contributed by atoms with Crippen LogP contribution in [0.25, 0.3) is 11.1 Å². The molecule has 1 aliphatic rings. The van der Waals surface area contributed by atoms with Gasteiger partial charge in [0.15, 0.2) is 0 Å². The third-order valence-electron chi connectivity index (χ3n) is 6.63. The molecule has 0 unspecified atom stereocenters. The third kappa shape index (κ3) is 4.68. The summed E-state index contributed by atoms with van der Waals surface area (Å²) in [5.41, 5.74) is 2.76. The van der Waals surface area contributed by atoms with Crippen molar-refractivity contribution in [1.82, 2.24) is 4.31 Å². The first-order valence-electron chi connectivity index (χ1n) is 11.6. The van der Waals surface area contributed by atoms with Gasteiger partial charge in [0.2, 0.25) is 10.0 Å². The van der Waals surface area contributed by atoms with Crippen LogP contribution in [0.5, 0.6) is 0 Å². The summed E-state index contributed by atoms with van der Waals surface area (Å²) in [7, 11) is -2.24. The Bertz CT molecular complexity index is 1360. The minimum absolute atomic E-state index is 0.143. The van der Waals surface area contributed by atoms with Crippen LogP contribution in [0.4, 0.5) is 15.8 Å². The van der Waals surface area contributed by atoms with E-state index in [1.807, 2.05) is 48.2 Å². The Labute approximate surface area is 205 Å². The molecule has 4 rings (SSSR count). The molecule has 184 valence electrons. The number of anilines is 2. The average molecular weight is 497 g/mol. The molecule has 1 heterocycles. The first-order chi connectivity index (χ1) is 16.6. The summed E-state index contributed by atoms with van der Waals surface area (Å²) >= 11 is 0. The van der Waals surface area contributed by atoms with Crippen LogP contribution in [0, 0.1) is 12.7 Å². The fourth-order valence-corrected chi connectivity index (χ4v) is 6.17. The lowest BCUT2D eigenvalue weighted by Gasteiger charge is -2.29. The van der Waals surface area contributed by atoms with Crippen LogP contribution in [0.1, 0.15) is 42.1 Å². The van der Waals surface area contributed by atoms with Gasteiger partial charge in [-0.25, -0.2) is 17.6 Å². The van der Waals surface area contributed by atoms with E-state index in [-0.39, 0.29) is 10.9 Å². The summed E-state index contributed by atoms with van der Waals surface area (Å²) in [4.78, 5) is 13.7. The maximum Gasteiger partial charge on any atom is 0.338 e. The number of carboxylic acids is 1. The fourth-order valence-electron chi connectivity index (χ4n) is 4.60. The molecule has 0 spiro atoms. The molecular formula is C27H29FN2O4S. The third-order valence-corrected chi connectivity index (χ3v) is 8.57. The van der Waals surface area contributed by atoms with Crippen LogP contribution in [0.2, 0.25) is 0 Å². The number of unbranched alkanes of at least 4 members (excludes halogenated alkanes) is 1. The predicted octanol–water partition coefficient (Wildman–Crippen LogP) is 5.83. The lowest BCUT2D eigenvalue weighted by Crippen LogP contribution is -2.40. The number of sulfonamides is 1. The second kappa shape index (κ2) is 9.79. The van der Waals surface area contributed by atoms with Gasteiger partial charge in [0.25, 0.3) is 0 Å². The first-order valence-corrected chi connectivity index (χ1v) is 13.1. The smallest absolute Gasteiger partial charge is 0.338 e. The molecule has 8 heteroatoms. The van der Waals surface area contributed by atoms with Crippen molar-refractivity contribution in [2.45, 2.75) is 44.0 Å². The maximum atomic E-state index is 14.0. The van der Waals surface area contributed by atoms with E-state index in [9.17, 15) is 22.7 Å². The number of halogens is 1. The summed E-state index contributed by atoms with van der Waals surface area (Å²) in [6, 6.07) is 16.7. The molecule has 35 heavy (non-hydrogen) atoms. The molecule has 0 bridgehead atoms. The Balaban J connectivity index is 1.95. The molecule has 3 aromatic carbocycles. The van der Waals surface area contributed by atoms with Crippen molar-refractivity contribution in [2.24, 2.45) is 0 Å². The van der Waals surface area contributed by atoms with E-state index >= 15 is 0 Å². The van der Waals surface area contributed by atoms with Gasteiger partial charge in [-0.1, -0.05) is 44.0 Å². The molecule has 0 amide bonds. The number of rotatable bonds is 6. The summed E-state index contributed by atoms with van der Waals surface area (Å²) in [6.07, 6.45) is 2.60. The van der Waals surface area contributed by atoms with Crippen molar-refractivity contribution < 1.29 is 22.7 Å². The number of aromatic carboxylic acids is 1. The van der Waals surface area contributed by atoms with Crippen LogP contribution < -0.4 is 4.90 Å². The highest BCUT2D eigenvalue weighted by molar-refractivity contribution is 7.89. The summed E-state index contributed by atoms with van der Waals surface area (Å²) in [6.45, 7) is 4.43. The van der Waals surface area contributed by atoms with Crippen molar-refractivity contribution in [1.29, 1.82) is 0 Å². The molecule has 3 aromatic rings. The summed E-state index contributed by atoms with van der Waals surface area (Å²) < 4.78 is 43.2. The second-order valence-corrected chi connectivity index (χ2v) is 10.9. The number of fused-ring (bicyclic) bond motifs is 1. The van der Waals surface area contributed by atoms with E-state index in [1.165, 1.54) is 16.4 Å². The number of hydrogen-bond acceptors (Lipinski definition) is 4. The van der Waals surface area contributed by atoms with Gasteiger partial charge in [0.1, 0.15) is 10.7 Å². The van der Waals surface area contributed by atoms with E-state index in [2.05, 4.69) is 6.92 Å². The minimum Gasteiger partial charge on any atom is -0.478 e. The average Bonchev–Trinajstić information content (AvgIpc) is 2.91. The molecule has 0 radical (unpaired) electrons. The Hall–Kier alpha value is -3.23. The molecule has 1 N–H and O–H groups in total. The van der Waals surface area contributed by atoms with Crippen LogP contribution in [0.3, 0.4) is 0 Å². The number of carbonyl (C=O) groups is 1. The maximum absolute atomic E-state index is 14.0. The predicted molar refractivity (Wildman–Crippen MR) is 135 cm³/mol. The monoisotopic (exact) mass is 496 g/mol. The quantitative estimate of drug-likeness (QED) is 0.465. The number of para-hydroxylation sites is 1. The van der Waals surface area contributed by atoms with Crippen LogP contribution in [0.15, 0.2) is 65.6 Å². The van der Waals surface area contributed by atoms with E-state index in [1.54, 1.807) is 13.1 Å². The number of hydrogen-bond donors (Lipinski definition) is 1. The van der Waals surface area contributed by atoms with Crippen LogP contribution >= 0.6 is 0 Å². The van der Waals surface area contributed by atoms with Gasteiger partial charge < -0.3 is 10.0 Å². The van der Waals surface area contributed by atoms with Gasteiger partial charge in [-0.2, -0.15) is 4.31 Å². The Kier molecular flexibility index (Phi) is 6.96. The van der Waals surface area contributed by atoms with Crippen molar-refractivity contribution >= 4 is 27.4 Å². The number of aryl methyl sites for hydroxylation is 1. The standard InChI is InChI=1S/C27H29FN2O4S/c1-4-5-9-21-17-30(20-10-7-6-8-11-20)25-14-18(2)22(16-26(25)35(33,34)29(21)3)19-12-13-24(28)23(15-19)27(31)32/h6-8,10-16,21H,4-5,9,17H2,1-3H3,(H,31,32)/t21-/m1/s1. The van der Waals surface area contributed by atoms with Crippen molar-refractivity contribution in [3.05, 3.63) is 77.6 Å². The largest absolute Gasteiger partial charge is 0.478 e. The fraction of sp³-hybridized carbons (Fsp3) is 0.296. The van der Waals surface area contributed by atoms with E-state index in [4.69, 9.17) is 0 Å². The Morgan fingerprint density at radius 3 is 2.49 bits per heavy atom. The minimum atomic E-state index is -3.86. The van der Waals surface area contributed by atoms with Gasteiger partial charge in [0, 0.05) is 25.3 Å². The highest BCUT2D eigenvalue weighted by Crippen LogP contribution is 2.41. The lowest BCUT2D eigenvalue weighted by atomic mass is 9.97. The number of likely N-dealkylation sites (N-methyl/N-ethyl adjacent to an activating group) is 1. The van der Waals surface area contributed by atoms with Crippen molar-refractivity contribution in [3.63, 3.8) is 0 Å². The molecule has 1 aliphatic heterocycles. The van der Waals surface area contributed by atoms with Crippen molar-refractivity contribution in [3.8, 4) is 11.1 Å². The summed E-state index contributed by atoms with van der Waals surface area (Å²) in [5, 5.41) is 9.36. The number of nitrogens with zero attached hydrogens (tertiary/aromatic N) is 2. The molecule has 0 saturated heterocycles. The molecular weight excluding hydrogens is 467 g/mol. The SMILES string of the molecule is CCCC[C@@H]1CN(c2ccccc2)c2cc(C)c(-c3ccc(F)c(C(=O)O)c3)cc2S(=O)(=O)N1C. The normalized spacial score (nSPS) is 17.6. The number of carboxylic acid groups (broad SMARTS) is 1. The molecule has 1 atom stereocenters.